The van der Waals surface area contributed by atoms with E-state index < -0.39 is 17.6 Å². The van der Waals surface area contributed by atoms with E-state index >= 15 is 0 Å². The Balaban J connectivity index is 1.72. The van der Waals surface area contributed by atoms with Crippen molar-refractivity contribution in [3.63, 3.8) is 0 Å². The highest BCUT2D eigenvalue weighted by atomic mass is 19.4. The van der Waals surface area contributed by atoms with Crippen LogP contribution in [0.15, 0.2) is 42.5 Å². The van der Waals surface area contributed by atoms with E-state index in [1.807, 2.05) is 4.90 Å². The van der Waals surface area contributed by atoms with Gasteiger partial charge in [0.25, 0.3) is 5.91 Å². The van der Waals surface area contributed by atoms with Crippen LogP contribution < -0.4 is 15.0 Å². The molecule has 0 radical (unpaired) electrons. The van der Waals surface area contributed by atoms with Gasteiger partial charge in [0.05, 0.1) is 31.1 Å². The molecule has 5 nitrogen and oxygen atoms in total. The number of hydrogen-bond acceptors (Lipinski definition) is 4. The van der Waals surface area contributed by atoms with Crippen molar-refractivity contribution < 1.29 is 27.4 Å². The number of hydrogen-bond donors (Lipinski definition) is 1. The van der Waals surface area contributed by atoms with Gasteiger partial charge in [-0.25, -0.2) is 0 Å². The number of carbonyl (C=O) groups is 1. The molecule has 1 fully saturated rings. The number of halogens is 3. The molecule has 0 spiro atoms. The summed E-state index contributed by atoms with van der Waals surface area (Å²) in [5.74, 6) is 0.518. The zero-order valence-corrected chi connectivity index (χ0v) is 17.7. The van der Waals surface area contributed by atoms with Crippen molar-refractivity contribution >= 4 is 17.3 Å². The third kappa shape index (κ3) is 6.37. The Hall–Kier alpha value is -2.74. The fraction of sp³-hybridized carbons (Fsp3) is 0.435. The van der Waals surface area contributed by atoms with Crippen LogP contribution in [0.3, 0.4) is 0 Å². The van der Waals surface area contributed by atoms with E-state index in [0.29, 0.717) is 50.3 Å². The summed E-state index contributed by atoms with van der Waals surface area (Å²) < 4.78 is 51.9. The van der Waals surface area contributed by atoms with E-state index in [1.165, 1.54) is 18.2 Å². The minimum atomic E-state index is -4.60. The fourth-order valence-corrected chi connectivity index (χ4v) is 3.20. The van der Waals surface area contributed by atoms with E-state index in [1.54, 1.807) is 18.2 Å². The van der Waals surface area contributed by atoms with Crippen molar-refractivity contribution in [2.75, 3.05) is 43.1 Å². The first-order valence-electron chi connectivity index (χ1n) is 10.3. The van der Waals surface area contributed by atoms with Gasteiger partial charge < -0.3 is 19.7 Å². The Morgan fingerprint density at radius 2 is 1.81 bits per heavy atom. The lowest BCUT2D eigenvalue weighted by molar-refractivity contribution is -0.136. The van der Waals surface area contributed by atoms with Crippen molar-refractivity contribution in [2.45, 2.75) is 26.4 Å². The predicted octanol–water partition coefficient (Wildman–Crippen LogP) is 5.22. The molecular weight excluding hydrogens is 409 g/mol. The SMILES string of the molecule is CC(C)CCOc1ccc(C(=O)Nc2ccc(N3CCOCC3)cc2C(F)(F)F)cc1. The normalized spacial score (nSPS) is 14.6. The minimum absolute atomic E-state index is 0.251. The second kappa shape index (κ2) is 10.0. The van der Waals surface area contributed by atoms with Crippen LogP contribution in [0.4, 0.5) is 24.5 Å². The highest BCUT2D eigenvalue weighted by Crippen LogP contribution is 2.37. The molecule has 168 valence electrons. The van der Waals surface area contributed by atoms with E-state index in [4.69, 9.17) is 9.47 Å². The second-order valence-electron chi connectivity index (χ2n) is 7.84. The molecule has 0 atom stereocenters. The summed E-state index contributed by atoms with van der Waals surface area (Å²) in [4.78, 5) is 14.4. The van der Waals surface area contributed by atoms with Gasteiger partial charge in [-0.2, -0.15) is 13.2 Å². The van der Waals surface area contributed by atoms with Gasteiger partial charge in [0, 0.05) is 24.3 Å². The maximum Gasteiger partial charge on any atom is 0.418 e. The zero-order valence-electron chi connectivity index (χ0n) is 17.7. The number of amides is 1. The first kappa shape index (κ1) is 22.9. The van der Waals surface area contributed by atoms with Gasteiger partial charge >= 0.3 is 6.18 Å². The summed E-state index contributed by atoms with van der Waals surface area (Å²) >= 11 is 0. The summed E-state index contributed by atoms with van der Waals surface area (Å²) in [6.45, 7) is 6.74. The molecule has 1 heterocycles. The first-order valence-corrected chi connectivity index (χ1v) is 10.3. The monoisotopic (exact) mass is 436 g/mol. The van der Waals surface area contributed by atoms with E-state index in [0.717, 1.165) is 12.5 Å². The molecule has 0 aromatic heterocycles. The summed E-state index contributed by atoms with van der Waals surface area (Å²) in [5, 5.41) is 2.40. The average Bonchev–Trinajstić information content (AvgIpc) is 2.74. The Labute approximate surface area is 180 Å². The number of alkyl halides is 3. The number of morpholine rings is 1. The van der Waals surface area contributed by atoms with Crippen LogP contribution in [0, 0.1) is 5.92 Å². The van der Waals surface area contributed by atoms with E-state index in [2.05, 4.69) is 19.2 Å². The van der Waals surface area contributed by atoms with Crippen molar-refractivity contribution in [3.05, 3.63) is 53.6 Å². The summed E-state index contributed by atoms with van der Waals surface area (Å²) in [6, 6.07) is 10.3. The lowest BCUT2D eigenvalue weighted by Crippen LogP contribution is -2.36. The maximum absolute atomic E-state index is 13.7. The molecule has 0 saturated carbocycles. The third-order valence-corrected chi connectivity index (χ3v) is 5.01. The predicted molar refractivity (Wildman–Crippen MR) is 114 cm³/mol. The van der Waals surface area contributed by atoms with Crippen LogP contribution in [0.5, 0.6) is 5.75 Å². The van der Waals surface area contributed by atoms with E-state index in [-0.39, 0.29) is 11.3 Å². The summed E-state index contributed by atoms with van der Waals surface area (Å²) in [6.07, 6.45) is -3.69. The number of carbonyl (C=O) groups excluding carboxylic acids is 1. The highest BCUT2D eigenvalue weighted by Gasteiger charge is 2.35. The third-order valence-electron chi connectivity index (χ3n) is 5.01. The van der Waals surface area contributed by atoms with Crippen LogP contribution >= 0.6 is 0 Å². The van der Waals surface area contributed by atoms with Crippen molar-refractivity contribution in [1.29, 1.82) is 0 Å². The van der Waals surface area contributed by atoms with Crippen molar-refractivity contribution in [2.24, 2.45) is 5.92 Å². The zero-order chi connectivity index (χ0) is 22.4. The van der Waals surface area contributed by atoms with Crippen molar-refractivity contribution in [1.82, 2.24) is 0 Å². The first-order chi connectivity index (χ1) is 14.7. The lowest BCUT2D eigenvalue weighted by Gasteiger charge is -2.29. The highest BCUT2D eigenvalue weighted by molar-refractivity contribution is 6.04. The quantitative estimate of drug-likeness (QED) is 0.647. The number of anilines is 2. The standard InChI is InChI=1S/C23H27F3N2O3/c1-16(2)9-12-31-19-6-3-17(4-7-19)22(29)27-21-8-5-18(15-20(21)23(24,25)26)28-10-13-30-14-11-28/h3-8,15-16H,9-14H2,1-2H3,(H,27,29). The fourth-order valence-electron chi connectivity index (χ4n) is 3.20. The number of nitrogens with one attached hydrogen (secondary N) is 1. The molecule has 0 aliphatic carbocycles. The van der Waals surface area contributed by atoms with Gasteiger partial charge in [0.2, 0.25) is 0 Å². The van der Waals surface area contributed by atoms with Crippen LogP contribution in [0.25, 0.3) is 0 Å². The number of benzene rings is 2. The molecule has 1 aliphatic rings. The topological polar surface area (TPSA) is 50.8 Å². The molecule has 1 N–H and O–H groups in total. The smallest absolute Gasteiger partial charge is 0.418 e. The van der Waals surface area contributed by atoms with Gasteiger partial charge in [0.1, 0.15) is 5.75 Å². The van der Waals surface area contributed by atoms with Gasteiger partial charge in [-0.3, -0.25) is 4.79 Å². The minimum Gasteiger partial charge on any atom is -0.494 e. The molecular formula is C23H27F3N2O3. The largest absolute Gasteiger partial charge is 0.494 e. The molecule has 2 aromatic rings. The Kier molecular flexibility index (Phi) is 7.43. The van der Waals surface area contributed by atoms with Crippen LogP contribution in [0.2, 0.25) is 0 Å². The second-order valence-corrected chi connectivity index (χ2v) is 7.84. The number of rotatable bonds is 7. The Morgan fingerprint density at radius 3 is 2.42 bits per heavy atom. The van der Waals surface area contributed by atoms with Gasteiger partial charge in [-0.15, -0.1) is 0 Å². The lowest BCUT2D eigenvalue weighted by atomic mass is 10.1. The summed E-state index contributed by atoms with van der Waals surface area (Å²) in [7, 11) is 0. The summed E-state index contributed by atoms with van der Waals surface area (Å²) in [5.41, 5.74) is -0.441. The van der Waals surface area contributed by atoms with Crippen LogP contribution in [0.1, 0.15) is 36.2 Å². The molecule has 2 aromatic carbocycles. The maximum atomic E-state index is 13.7. The van der Waals surface area contributed by atoms with Gasteiger partial charge in [0.15, 0.2) is 0 Å². The molecule has 1 amide bonds. The Bertz CT molecular complexity index is 877. The van der Waals surface area contributed by atoms with Gasteiger partial charge in [-0.1, -0.05) is 13.8 Å². The average molecular weight is 436 g/mol. The molecule has 1 saturated heterocycles. The number of ether oxygens (including phenoxy) is 2. The van der Waals surface area contributed by atoms with Crippen LogP contribution in [-0.2, 0) is 10.9 Å². The molecule has 8 heteroatoms. The van der Waals surface area contributed by atoms with Crippen LogP contribution in [-0.4, -0.2) is 38.8 Å². The molecule has 1 aliphatic heterocycles. The molecule has 31 heavy (non-hydrogen) atoms. The van der Waals surface area contributed by atoms with E-state index in [9.17, 15) is 18.0 Å². The molecule has 0 bridgehead atoms. The Morgan fingerprint density at radius 1 is 1.13 bits per heavy atom. The molecule has 3 rings (SSSR count). The van der Waals surface area contributed by atoms with Crippen molar-refractivity contribution in [3.8, 4) is 5.75 Å². The van der Waals surface area contributed by atoms with Gasteiger partial charge in [-0.05, 0) is 54.8 Å². The number of nitrogens with zero attached hydrogens (tertiary/aromatic N) is 1. The molecule has 0 unspecified atom stereocenters.